The van der Waals surface area contributed by atoms with Gasteiger partial charge in [0.15, 0.2) is 0 Å². The van der Waals surface area contributed by atoms with Crippen molar-refractivity contribution < 1.29 is 4.42 Å². The molecule has 12 heavy (non-hydrogen) atoms. The molecular formula is C11H20O. The SMILES string of the molecule is CC.CCc1cc(C)c(CC)o1. The minimum atomic E-state index is 1.00. The summed E-state index contributed by atoms with van der Waals surface area (Å²) in [4.78, 5) is 0. The topological polar surface area (TPSA) is 13.1 Å². The summed E-state index contributed by atoms with van der Waals surface area (Å²) in [5.41, 5.74) is 1.29. The van der Waals surface area contributed by atoms with Gasteiger partial charge in [-0.15, -0.1) is 0 Å². The lowest BCUT2D eigenvalue weighted by molar-refractivity contribution is 0.472. The molecule has 0 saturated carbocycles. The second-order valence-electron chi connectivity index (χ2n) is 2.53. The highest BCUT2D eigenvalue weighted by molar-refractivity contribution is 5.19. The van der Waals surface area contributed by atoms with E-state index in [9.17, 15) is 0 Å². The predicted molar refractivity (Wildman–Crippen MR) is 53.5 cm³/mol. The van der Waals surface area contributed by atoms with Crippen molar-refractivity contribution in [3.8, 4) is 0 Å². The minimum absolute atomic E-state index is 1.00. The van der Waals surface area contributed by atoms with Gasteiger partial charge in [-0.1, -0.05) is 27.7 Å². The van der Waals surface area contributed by atoms with Crippen molar-refractivity contribution in [2.75, 3.05) is 0 Å². The smallest absolute Gasteiger partial charge is 0.106 e. The zero-order valence-electron chi connectivity index (χ0n) is 8.90. The van der Waals surface area contributed by atoms with Gasteiger partial charge in [-0.25, -0.2) is 0 Å². The molecule has 1 nitrogen and oxygen atoms in total. The van der Waals surface area contributed by atoms with E-state index >= 15 is 0 Å². The van der Waals surface area contributed by atoms with Crippen molar-refractivity contribution in [2.24, 2.45) is 0 Å². The molecule has 1 aromatic rings. The number of hydrogen-bond acceptors (Lipinski definition) is 1. The molecule has 0 aliphatic carbocycles. The van der Waals surface area contributed by atoms with Crippen LogP contribution in [0.2, 0.25) is 0 Å². The van der Waals surface area contributed by atoms with Gasteiger partial charge in [-0.05, 0) is 18.6 Å². The van der Waals surface area contributed by atoms with Crippen LogP contribution in [0.3, 0.4) is 0 Å². The fraction of sp³-hybridized carbons (Fsp3) is 0.636. The van der Waals surface area contributed by atoms with E-state index < -0.39 is 0 Å². The fourth-order valence-electron chi connectivity index (χ4n) is 1.12. The third kappa shape index (κ3) is 2.72. The van der Waals surface area contributed by atoms with E-state index in [4.69, 9.17) is 4.42 Å². The molecule has 1 heterocycles. The first-order valence-electron chi connectivity index (χ1n) is 4.86. The Bertz CT molecular complexity index is 211. The monoisotopic (exact) mass is 168 g/mol. The lowest BCUT2D eigenvalue weighted by atomic mass is 10.2. The number of furan rings is 1. The van der Waals surface area contributed by atoms with Crippen LogP contribution in [0.4, 0.5) is 0 Å². The molecule has 1 heteroatoms. The maximum absolute atomic E-state index is 5.51. The molecule has 70 valence electrons. The molecule has 0 N–H and O–H groups in total. The quantitative estimate of drug-likeness (QED) is 0.655. The van der Waals surface area contributed by atoms with Crippen LogP contribution in [-0.4, -0.2) is 0 Å². The summed E-state index contributed by atoms with van der Waals surface area (Å²) in [6, 6.07) is 2.12. The first-order valence-corrected chi connectivity index (χ1v) is 4.86. The molecule has 0 aliphatic heterocycles. The van der Waals surface area contributed by atoms with Gasteiger partial charge in [0, 0.05) is 12.8 Å². The Kier molecular flexibility index (Phi) is 5.52. The molecule has 1 aromatic heterocycles. The Morgan fingerprint density at radius 1 is 1.17 bits per heavy atom. The van der Waals surface area contributed by atoms with Crippen LogP contribution in [-0.2, 0) is 12.8 Å². The summed E-state index contributed by atoms with van der Waals surface area (Å²) >= 11 is 0. The highest BCUT2D eigenvalue weighted by Crippen LogP contribution is 2.14. The van der Waals surface area contributed by atoms with Crippen LogP contribution < -0.4 is 0 Å². The molecule has 1 rings (SSSR count). The second kappa shape index (κ2) is 5.87. The first-order chi connectivity index (χ1) is 5.77. The number of hydrogen-bond donors (Lipinski definition) is 0. The molecule has 0 atom stereocenters. The van der Waals surface area contributed by atoms with Gasteiger partial charge in [0.2, 0.25) is 0 Å². The standard InChI is InChI=1S/C9H14O.C2H6/c1-4-8-6-7(3)9(5-2)10-8;1-2/h6H,4-5H2,1-3H3;1-2H3. The zero-order valence-corrected chi connectivity index (χ0v) is 8.90. The van der Waals surface area contributed by atoms with Crippen LogP contribution >= 0.6 is 0 Å². The van der Waals surface area contributed by atoms with E-state index in [1.807, 2.05) is 13.8 Å². The average molecular weight is 168 g/mol. The van der Waals surface area contributed by atoms with Gasteiger partial charge < -0.3 is 4.42 Å². The van der Waals surface area contributed by atoms with Crippen LogP contribution in [0.25, 0.3) is 0 Å². The van der Waals surface area contributed by atoms with Crippen LogP contribution in [0.1, 0.15) is 44.8 Å². The number of aryl methyl sites for hydroxylation is 3. The number of rotatable bonds is 2. The average Bonchev–Trinajstić information content (AvgIpc) is 2.49. The summed E-state index contributed by atoms with van der Waals surface area (Å²) < 4.78 is 5.51. The molecule has 0 unspecified atom stereocenters. The van der Waals surface area contributed by atoms with Crippen molar-refractivity contribution >= 4 is 0 Å². The Labute approximate surface area is 75.8 Å². The maximum atomic E-state index is 5.51. The highest BCUT2D eigenvalue weighted by atomic mass is 16.3. The molecule has 0 aromatic carbocycles. The Morgan fingerprint density at radius 2 is 1.75 bits per heavy atom. The van der Waals surface area contributed by atoms with E-state index in [0.29, 0.717) is 0 Å². The van der Waals surface area contributed by atoms with Crippen molar-refractivity contribution in [2.45, 2.75) is 47.5 Å². The molecule has 0 amide bonds. The third-order valence-corrected chi connectivity index (χ3v) is 1.74. The highest BCUT2D eigenvalue weighted by Gasteiger charge is 2.02. The van der Waals surface area contributed by atoms with Crippen LogP contribution in [0.15, 0.2) is 10.5 Å². The molecule has 0 aliphatic rings. The van der Waals surface area contributed by atoms with Crippen LogP contribution in [0.5, 0.6) is 0 Å². The Balaban J connectivity index is 0.000000561. The molecule has 0 bridgehead atoms. The van der Waals surface area contributed by atoms with Crippen molar-refractivity contribution in [3.05, 3.63) is 23.2 Å². The van der Waals surface area contributed by atoms with Gasteiger partial charge in [0.25, 0.3) is 0 Å². The largest absolute Gasteiger partial charge is 0.466 e. The van der Waals surface area contributed by atoms with Gasteiger partial charge >= 0.3 is 0 Å². The van der Waals surface area contributed by atoms with Crippen molar-refractivity contribution in [3.63, 3.8) is 0 Å². The fourth-order valence-corrected chi connectivity index (χ4v) is 1.12. The molecule has 0 fully saturated rings. The zero-order chi connectivity index (χ0) is 9.56. The van der Waals surface area contributed by atoms with E-state index in [-0.39, 0.29) is 0 Å². The summed E-state index contributed by atoms with van der Waals surface area (Å²) in [7, 11) is 0. The lowest BCUT2D eigenvalue weighted by Crippen LogP contribution is -1.75. The second-order valence-corrected chi connectivity index (χ2v) is 2.53. The van der Waals surface area contributed by atoms with E-state index in [1.54, 1.807) is 0 Å². The third-order valence-electron chi connectivity index (χ3n) is 1.74. The summed E-state index contributed by atoms with van der Waals surface area (Å²) in [6.07, 6.45) is 2.01. The minimum Gasteiger partial charge on any atom is -0.466 e. The van der Waals surface area contributed by atoms with E-state index in [1.165, 1.54) is 5.56 Å². The predicted octanol–water partition coefficient (Wildman–Crippen LogP) is 3.74. The van der Waals surface area contributed by atoms with Crippen LogP contribution in [0, 0.1) is 6.92 Å². The molecule has 0 spiro atoms. The van der Waals surface area contributed by atoms with Gasteiger partial charge in [-0.3, -0.25) is 0 Å². The van der Waals surface area contributed by atoms with E-state index in [2.05, 4.69) is 26.8 Å². The molecular weight excluding hydrogens is 148 g/mol. The summed E-state index contributed by atoms with van der Waals surface area (Å²) in [5, 5.41) is 0. The van der Waals surface area contributed by atoms with Gasteiger partial charge in [0.1, 0.15) is 11.5 Å². The van der Waals surface area contributed by atoms with Gasteiger partial charge in [0.05, 0.1) is 0 Å². The molecule has 0 radical (unpaired) electrons. The maximum Gasteiger partial charge on any atom is 0.106 e. The van der Waals surface area contributed by atoms with Crippen molar-refractivity contribution in [1.29, 1.82) is 0 Å². The molecule has 0 saturated heterocycles. The first kappa shape index (κ1) is 11.3. The summed E-state index contributed by atoms with van der Waals surface area (Å²) in [6.45, 7) is 10.3. The normalized spacial score (nSPS) is 9.08. The lowest BCUT2D eigenvalue weighted by Gasteiger charge is -1.89. The summed E-state index contributed by atoms with van der Waals surface area (Å²) in [5.74, 6) is 2.24. The van der Waals surface area contributed by atoms with Crippen molar-refractivity contribution in [1.82, 2.24) is 0 Å². The Hall–Kier alpha value is -0.720. The Morgan fingerprint density at radius 3 is 2.00 bits per heavy atom. The van der Waals surface area contributed by atoms with Gasteiger partial charge in [-0.2, -0.15) is 0 Å². The van der Waals surface area contributed by atoms with E-state index in [0.717, 1.165) is 24.4 Å².